The van der Waals surface area contributed by atoms with Crippen LogP contribution in [-0.2, 0) is 28.3 Å². The largest absolute Gasteiger partial charge is 0.477 e. The number of fused-ring (bicyclic) bond motifs is 2. The van der Waals surface area contributed by atoms with E-state index in [1.165, 1.54) is 9.47 Å². The van der Waals surface area contributed by atoms with Crippen molar-refractivity contribution in [3.63, 3.8) is 0 Å². The van der Waals surface area contributed by atoms with Crippen LogP contribution in [0, 0.1) is 5.92 Å². The van der Waals surface area contributed by atoms with E-state index >= 15 is 0 Å². The summed E-state index contributed by atoms with van der Waals surface area (Å²) in [5, 5.41) is 0.702. The molecule has 158 valence electrons. The maximum atomic E-state index is 12.8. The van der Waals surface area contributed by atoms with Gasteiger partial charge in [-0.1, -0.05) is 13.8 Å². The minimum atomic E-state index is -2.66. The minimum Gasteiger partial charge on any atom is -0.477 e. The second kappa shape index (κ2) is 7.32. The number of likely N-dealkylation sites (N-methyl/N-ethyl adjacent to an activating group) is 1. The molecule has 0 radical (unpaired) electrons. The number of hydrogen-bond donors (Lipinski definition) is 2. The Morgan fingerprint density at radius 2 is 1.90 bits per heavy atom. The van der Waals surface area contributed by atoms with Crippen molar-refractivity contribution < 1.29 is 17.9 Å². The van der Waals surface area contributed by atoms with Gasteiger partial charge in [0, 0.05) is 43.0 Å². The van der Waals surface area contributed by atoms with Crippen molar-refractivity contribution in [2.45, 2.75) is 25.7 Å². The summed E-state index contributed by atoms with van der Waals surface area (Å²) in [6.07, 6.45) is 2.74. The van der Waals surface area contributed by atoms with Crippen molar-refractivity contribution in [1.82, 2.24) is 9.55 Å². The molecule has 0 bridgehead atoms. The summed E-state index contributed by atoms with van der Waals surface area (Å²) in [4.78, 5) is 29.8. The predicted octanol–water partition coefficient (Wildman–Crippen LogP) is 2.02. The number of thiol groups is 1. The fraction of sp³-hybridized carbons (Fsp3) is 0.333. The summed E-state index contributed by atoms with van der Waals surface area (Å²) < 4.78 is 30.5. The molecule has 0 saturated heterocycles. The zero-order valence-corrected chi connectivity index (χ0v) is 18.0. The Morgan fingerprint density at radius 1 is 1.17 bits per heavy atom. The number of carbonyl (C=O) groups excluding carboxylic acids is 1. The Balaban J connectivity index is 2.05. The van der Waals surface area contributed by atoms with Crippen LogP contribution in [0.4, 0.5) is 5.69 Å². The van der Waals surface area contributed by atoms with Gasteiger partial charge in [0.15, 0.2) is 11.9 Å². The van der Waals surface area contributed by atoms with E-state index in [0.717, 1.165) is 5.56 Å². The van der Waals surface area contributed by atoms with Crippen molar-refractivity contribution in [1.29, 1.82) is 0 Å². The monoisotopic (exact) mass is 429 g/mol. The first-order chi connectivity index (χ1) is 14.2. The summed E-state index contributed by atoms with van der Waals surface area (Å²) in [6, 6.07) is 5.24. The summed E-state index contributed by atoms with van der Waals surface area (Å²) >= 11 is 0. The highest BCUT2D eigenvalue weighted by Crippen LogP contribution is 2.45. The lowest BCUT2D eigenvalue weighted by molar-refractivity contribution is -0.127. The Kier molecular flexibility index (Phi) is 4.93. The van der Waals surface area contributed by atoms with Crippen LogP contribution < -0.4 is 15.2 Å². The molecular formula is C21H23N3O5S. The van der Waals surface area contributed by atoms with E-state index in [0.29, 0.717) is 33.5 Å². The van der Waals surface area contributed by atoms with Crippen molar-refractivity contribution in [2.75, 3.05) is 11.9 Å². The van der Waals surface area contributed by atoms with E-state index in [1.54, 1.807) is 44.7 Å². The van der Waals surface area contributed by atoms with Crippen molar-refractivity contribution in [3.05, 3.63) is 46.5 Å². The molecule has 1 aliphatic heterocycles. The second-order valence-electron chi connectivity index (χ2n) is 7.89. The molecule has 0 fully saturated rings. The van der Waals surface area contributed by atoms with Crippen molar-refractivity contribution in [3.8, 4) is 16.9 Å². The van der Waals surface area contributed by atoms with Crippen LogP contribution in [0.1, 0.15) is 19.4 Å². The number of carbonyl (C=O) groups is 1. The summed E-state index contributed by atoms with van der Waals surface area (Å²) in [7, 11) is 0.662. The molecule has 1 unspecified atom stereocenters. The van der Waals surface area contributed by atoms with Crippen LogP contribution in [0.15, 0.2) is 35.4 Å². The lowest BCUT2D eigenvalue weighted by Gasteiger charge is -2.35. The zero-order valence-electron chi connectivity index (χ0n) is 17.1. The fourth-order valence-electron chi connectivity index (χ4n) is 3.88. The van der Waals surface area contributed by atoms with Crippen LogP contribution >= 0.6 is 0 Å². The third kappa shape index (κ3) is 3.19. The SMILES string of the molecule is CC(C)C1Oc2c(-c3cn(C)c(=O)c4[nH]ccc34)cc(C[SH](=O)=O)cc2N(C)C1=O. The molecule has 8 nitrogen and oxygen atoms in total. The van der Waals surface area contributed by atoms with Gasteiger partial charge < -0.3 is 19.2 Å². The van der Waals surface area contributed by atoms with Crippen molar-refractivity contribution in [2.24, 2.45) is 13.0 Å². The van der Waals surface area contributed by atoms with Gasteiger partial charge in [-0.05, 0) is 29.7 Å². The van der Waals surface area contributed by atoms with Crippen LogP contribution in [-0.4, -0.2) is 37.0 Å². The van der Waals surface area contributed by atoms with Crippen LogP contribution in [0.25, 0.3) is 22.0 Å². The number of aromatic amines is 1. The first-order valence-corrected chi connectivity index (χ1v) is 10.9. The molecule has 0 aliphatic carbocycles. The molecule has 3 aromatic rings. The summed E-state index contributed by atoms with van der Waals surface area (Å²) in [6.45, 7) is 3.82. The average Bonchev–Trinajstić information content (AvgIpc) is 3.16. The third-order valence-electron chi connectivity index (χ3n) is 5.41. The number of hydrogen-bond acceptors (Lipinski definition) is 5. The lowest BCUT2D eigenvalue weighted by atomic mass is 9.96. The maximum Gasteiger partial charge on any atom is 0.274 e. The molecule has 3 heterocycles. The number of amides is 1. The highest BCUT2D eigenvalue weighted by molar-refractivity contribution is 7.71. The van der Waals surface area contributed by atoms with Crippen LogP contribution in [0.5, 0.6) is 5.75 Å². The standard InChI is InChI=1S/C21H23N3O5S/c1-11(2)18-21(26)24(4)16-8-12(10-30(27)28)7-14(19(16)29-18)15-9-23(3)20(25)17-13(15)5-6-22-17/h5-9,11,18,22,30H,10H2,1-4H3. The number of ether oxygens (including phenoxy) is 1. The van der Waals surface area contributed by atoms with E-state index in [1.807, 2.05) is 13.8 Å². The molecule has 1 N–H and O–H groups in total. The normalized spacial score (nSPS) is 16.4. The Bertz CT molecular complexity index is 1290. The van der Waals surface area contributed by atoms with Gasteiger partial charge in [0.25, 0.3) is 11.5 Å². The number of aryl methyl sites for hydroxylation is 1. The number of benzene rings is 1. The second-order valence-corrected chi connectivity index (χ2v) is 8.87. The number of nitrogens with zero attached hydrogens (tertiary/aromatic N) is 2. The summed E-state index contributed by atoms with van der Waals surface area (Å²) in [5.74, 6) is 0.109. The first-order valence-electron chi connectivity index (χ1n) is 9.59. The minimum absolute atomic E-state index is 0.0517. The van der Waals surface area contributed by atoms with Gasteiger partial charge in [0.2, 0.25) is 0 Å². The van der Waals surface area contributed by atoms with Gasteiger partial charge in [0.05, 0.1) is 11.4 Å². The molecule has 0 saturated carbocycles. The zero-order chi connectivity index (χ0) is 21.7. The van der Waals surface area contributed by atoms with E-state index in [-0.39, 0.29) is 23.1 Å². The fourth-order valence-corrected chi connectivity index (χ4v) is 4.36. The number of anilines is 1. The Labute approximate surface area is 175 Å². The smallest absolute Gasteiger partial charge is 0.274 e. The van der Waals surface area contributed by atoms with E-state index < -0.39 is 16.8 Å². The highest BCUT2D eigenvalue weighted by atomic mass is 32.2. The van der Waals surface area contributed by atoms with E-state index in [4.69, 9.17) is 4.74 Å². The maximum absolute atomic E-state index is 12.8. The van der Waals surface area contributed by atoms with Gasteiger partial charge in [-0.25, -0.2) is 8.42 Å². The first kappa shape index (κ1) is 20.2. The van der Waals surface area contributed by atoms with Crippen molar-refractivity contribution >= 4 is 33.2 Å². The number of nitrogens with one attached hydrogen (secondary N) is 1. The molecule has 1 amide bonds. The molecular weight excluding hydrogens is 406 g/mol. The average molecular weight is 429 g/mol. The van der Waals surface area contributed by atoms with E-state index in [9.17, 15) is 18.0 Å². The van der Waals surface area contributed by atoms with Gasteiger partial charge in [0.1, 0.15) is 16.2 Å². The topological polar surface area (TPSA) is 101 Å². The van der Waals surface area contributed by atoms with Gasteiger partial charge in [-0.2, -0.15) is 0 Å². The lowest BCUT2D eigenvalue weighted by Crippen LogP contribution is -2.46. The number of aromatic nitrogens is 2. The molecule has 9 heteroatoms. The molecule has 4 rings (SSSR count). The van der Waals surface area contributed by atoms with Crippen LogP contribution in [0.3, 0.4) is 0 Å². The Morgan fingerprint density at radius 3 is 2.57 bits per heavy atom. The third-order valence-corrected chi connectivity index (χ3v) is 6.03. The number of pyridine rings is 1. The van der Waals surface area contributed by atoms with Crippen LogP contribution in [0.2, 0.25) is 0 Å². The molecule has 30 heavy (non-hydrogen) atoms. The molecule has 0 spiro atoms. The molecule has 1 aromatic carbocycles. The molecule has 1 atom stereocenters. The summed E-state index contributed by atoms with van der Waals surface area (Å²) in [5.41, 5.74) is 2.70. The highest BCUT2D eigenvalue weighted by Gasteiger charge is 2.36. The Hall–Kier alpha value is -3.07. The predicted molar refractivity (Wildman–Crippen MR) is 116 cm³/mol. The molecule has 1 aliphatic rings. The molecule has 2 aromatic heterocycles. The van der Waals surface area contributed by atoms with E-state index in [2.05, 4.69) is 4.98 Å². The number of H-pyrrole nitrogens is 1. The quantitative estimate of drug-likeness (QED) is 0.618. The van der Waals surface area contributed by atoms with Gasteiger partial charge in [-0.15, -0.1) is 0 Å². The number of rotatable bonds is 4. The van der Waals surface area contributed by atoms with Gasteiger partial charge in [-0.3, -0.25) is 9.59 Å². The van der Waals surface area contributed by atoms with Gasteiger partial charge >= 0.3 is 0 Å².